The van der Waals surface area contributed by atoms with Crippen LogP contribution in [0, 0.1) is 18.6 Å². The SMILES string of the molecule is Cc1ccccc1CNc1cc(C(=O)Nc2ccc(F)c(F)c2)ncn1. The third-order valence-corrected chi connectivity index (χ3v) is 3.80. The molecule has 0 aliphatic rings. The van der Waals surface area contributed by atoms with Crippen LogP contribution in [0.5, 0.6) is 0 Å². The van der Waals surface area contributed by atoms with Gasteiger partial charge in [-0.1, -0.05) is 24.3 Å². The van der Waals surface area contributed by atoms with Crippen LogP contribution in [0.2, 0.25) is 0 Å². The maximum absolute atomic E-state index is 13.2. The minimum atomic E-state index is -1.04. The Morgan fingerprint density at radius 1 is 1.04 bits per heavy atom. The molecule has 0 spiro atoms. The van der Waals surface area contributed by atoms with E-state index < -0.39 is 17.5 Å². The minimum Gasteiger partial charge on any atom is -0.366 e. The molecule has 0 bridgehead atoms. The van der Waals surface area contributed by atoms with Crippen LogP contribution in [0.3, 0.4) is 0 Å². The lowest BCUT2D eigenvalue weighted by molar-refractivity contribution is 0.102. The molecule has 26 heavy (non-hydrogen) atoms. The fourth-order valence-electron chi connectivity index (χ4n) is 2.34. The Hall–Kier alpha value is -3.35. The number of nitrogens with one attached hydrogen (secondary N) is 2. The molecule has 0 saturated heterocycles. The average Bonchev–Trinajstić information content (AvgIpc) is 2.64. The Balaban J connectivity index is 1.69. The largest absolute Gasteiger partial charge is 0.366 e. The first kappa shape index (κ1) is 17.5. The Kier molecular flexibility index (Phi) is 5.17. The number of hydrogen-bond donors (Lipinski definition) is 2. The number of carbonyl (C=O) groups is 1. The highest BCUT2D eigenvalue weighted by molar-refractivity contribution is 6.03. The Morgan fingerprint density at radius 2 is 1.85 bits per heavy atom. The molecule has 3 rings (SSSR count). The monoisotopic (exact) mass is 354 g/mol. The number of carbonyl (C=O) groups excluding carboxylic acids is 1. The number of aryl methyl sites for hydroxylation is 1. The highest BCUT2D eigenvalue weighted by Gasteiger charge is 2.11. The lowest BCUT2D eigenvalue weighted by Crippen LogP contribution is -2.15. The van der Waals surface area contributed by atoms with E-state index in [4.69, 9.17) is 0 Å². The summed E-state index contributed by atoms with van der Waals surface area (Å²) in [6.07, 6.45) is 1.26. The van der Waals surface area contributed by atoms with E-state index in [0.29, 0.717) is 12.4 Å². The van der Waals surface area contributed by atoms with Crippen molar-refractivity contribution in [3.8, 4) is 0 Å². The first-order valence-electron chi connectivity index (χ1n) is 7.90. The molecule has 1 heterocycles. The van der Waals surface area contributed by atoms with Crippen LogP contribution < -0.4 is 10.6 Å². The summed E-state index contributed by atoms with van der Waals surface area (Å²) in [5, 5.41) is 5.61. The van der Waals surface area contributed by atoms with Crippen LogP contribution in [0.4, 0.5) is 20.3 Å². The van der Waals surface area contributed by atoms with E-state index in [0.717, 1.165) is 23.3 Å². The van der Waals surface area contributed by atoms with Gasteiger partial charge in [0, 0.05) is 24.4 Å². The van der Waals surface area contributed by atoms with Gasteiger partial charge in [-0.25, -0.2) is 18.7 Å². The molecule has 0 unspecified atom stereocenters. The van der Waals surface area contributed by atoms with E-state index in [1.165, 1.54) is 18.5 Å². The summed E-state index contributed by atoms with van der Waals surface area (Å²) in [6, 6.07) is 12.5. The lowest BCUT2D eigenvalue weighted by Gasteiger charge is -2.09. The predicted molar refractivity (Wildman–Crippen MR) is 94.8 cm³/mol. The highest BCUT2D eigenvalue weighted by Crippen LogP contribution is 2.15. The molecule has 0 atom stereocenters. The van der Waals surface area contributed by atoms with Gasteiger partial charge < -0.3 is 10.6 Å². The maximum atomic E-state index is 13.2. The van der Waals surface area contributed by atoms with Gasteiger partial charge in [-0.15, -0.1) is 0 Å². The molecule has 0 saturated carbocycles. The smallest absolute Gasteiger partial charge is 0.274 e. The predicted octanol–water partition coefficient (Wildman–Crippen LogP) is 3.93. The molecule has 1 aromatic heterocycles. The van der Waals surface area contributed by atoms with Crippen molar-refractivity contribution in [3.63, 3.8) is 0 Å². The first-order chi connectivity index (χ1) is 12.5. The first-order valence-corrected chi connectivity index (χ1v) is 7.90. The Morgan fingerprint density at radius 3 is 2.62 bits per heavy atom. The van der Waals surface area contributed by atoms with Crippen molar-refractivity contribution in [2.75, 3.05) is 10.6 Å². The molecule has 0 radical (unpaired) electrons. The van der Waals surface area contributed by atoms with Crippen LogP contribution in [-0.4, -0.2) is 15.9 Å². The second kappa shape index (κ2) is 7.69. The molecule has 0 aliphatic carbocycles. The highest BCUT2D eigenvalue weighted by atomic mass is 19.2. The van der Waals surface area contributed by atoms with Crippen LogP contribution in [0.25, 0.3) is 0 Å². The summed E-state index contributed by atoms with van der Waals surface area (Å²) in [7, 11) is 0. The molecule has 2 aromatic carbocycles. The zero-order valence-corrected chi connectivity index (χ0v) is 14.0. The number of benzene rings is 2. The molecular formula is C19H16F2N4O. The van der Waals surface area contributed by atoms with E-state index in [2.05, 4.69) is 20.6 Å². The molecule has 0 fully saturated rings. The molecular weight excluding hydrogens is 338 g/mol. The lowest BCUT2D eigenvalue weighted by atomic mass is 10.1. The normalized spacial score (nSPS) is 10.4. The summed E-state index contributed by atoms with van der Waals surface area (Å²) in [5.41, 5.74) is 2.50. The van der Waals surface area contributed by atoms with Gasteiger partial charge in [0.1, 0.15) is 17.8 Å². The van der Waals surface area contributed by atoms with Gasteiger partial charge in [0.15, 0.2) is 11.6 Å². The topological polar surface area (TPSA) is 66.9 Å². The van der Waals surface area contributed by atoms with Gasteiger partial charge in [0.05, 0.1) is 0 Å². The average molecular weight is 354 g/mol. The van der Waals surface area contributed by atoms with Gasteiger partial charge in [-0.05, 0) is 30.2 Å². The summed E-state index contributed by atoms with van der Waals surface area (Å²) in [5.74, 6) is -2.07. The van der Waals surface area contributed by atoms with Crippen molar-refractivity contribution in [3.05, 3.63) is 83.3 Å². The van der Waals surface area contributed by atoms with Crippen molar-refractivity contribution < 1.29 is 13.6 Å². The van der Waals surface area contributed by atoms with Crippen LogP contribution in [-0.2, 0) is 6.54 Å². The van der Waals surface area contributed by atoms with Crippen LogP contribution >= 0.6 is 0 Å². The molecule has 7 heteroatoms. The van der Waals surface area contributed by atoms with Gasteiger partial charge in [0.25, 0.3) is 5.91 Å². The van der Waals surface area contributed by atoms with Crippen LogP contribution in [0.15, 0.2) is 54.9 Å². The molecule has 132 valence electrons. The Bertz CT molecular complexity index is 946. The zero-order valence-electron chi connectivity index (χ0n) is 14.0. The zero-order chi connectivity index (χ0) is 18.5. The quantitative estimate of drug-likeness (QED) is 0.729. The Labute approximate surface area is 149 Å². The van der Waals surface area contributed by atoms with Crippen molar-refractivity contribution in [2.24, 2.45) is 0 Å². The third-order valence-electron chi connectivity index (χ3n) is 3.80. The number of aromatic nitrogens is 2. The van der Waals surface area contributed by atoms with Gasteiger partial charge in [-0.3, -0.25) is 4.79 Å². The van der Waals surface area contributed by atoms with E-state index >= 15 is 0 Å². The van der Waals surface area contributed by atoms with E-state index in [9.17, 15) is 13.6 Å². The van der Waals surface area contributed by atoms with Gasteiger partial charge >= 0.3 is 0 Å². The van der Waals surface area contributed by atoms with Crippen molar-refractivity contribution in [1.82, 2.24) is 9.97 Å². The fraction of sp³-hybridized carbons (Fsp3) is 0.105. The van der Waals surface area contributed by atoms with Gasteiger partial charge in [0.2, 0.25) is 0 Å². The second-order valence-corrected chi connectivity index (χ2v) is 5.65. The molecule has 5 nitrogen and oxygen atoms in total. The number of anilines is 2. The summed E-state index contributed by atoms with van der Waals surface area (Å²) in [4.78, 5) is 20.3. The van der Waals surface area contributed by atoms with E-state index in [-0.39, 0.29) is 11.4 Å². The fourth-order valence-corrected chi connectivity index (χ4v) is 2.34. The van der Waals surface area contributed by atoms with Crippen molar-refractivity contribution in [1.29, 1.82) is 0 Å². The van der Waals surface area contributed by atoms with Crippen molar-refractivity contribution >= 4 is 17.4 Å². The van der Waals surface area contributed by atoms with E-state index in [1.807, 2.05) is 31.2 Å². The molecule has 2 N–H and O–H groups in total. The van der Waals surface area contributed by atoms with Crippen molar-refractivity contribution in [2.45, 2.75) is 13.5 Å². The second-order valence-electron chi connectivity index (χ2n) is 5.65. The number of amides is 1. The minimum absolute atomic E-state index is 0.108. The standard InChI is InChI=1S/C19H16F2N4O/c1-12-4-2-3-5-13(12)10-22-18-9-17(23-11-24-18)19(26)25-14-6-7-15(20)16(21)8-14/h2-9,11H,10H2,1H3,(H,25,26)(H,22,23,24). The van der Waals surface area contributed by atoms with E-state index in [1.54, 1.807) is 0 Å². The molecule has 0 aliphatic heterocycles. The molecule has 3 aromatic rings. The number of hydrogen-bond acceptors (Lipinski definition) is 4. The number of rotatable bonds is 5. The summed E-state index contributed by atoms with van der Waals surface area (Å²) in [6.45, 7) is 2.56. The summed E-state index contributed by atoms with van der Waals surface area (Å²) < 4.78 is 26.2. The van der Waals surface area contributed by atoms with Crippen LogP contribution in [0.1, 0.15) is 21.6 Å². The summed E-state index contributed by atoms with van der Waals surface area (Å²) >= 11 is 0. The third kappa shape index (κ3) is 4.18. The molecule has 1 amide bonds. The number of nitrogens with zero attached hydrogens (tertiary/aromatic N) is 2. The number of halogens is 2. The maximum Gasteiger partial charge on any atom is 0.274 e. The van der Waals surface area contributed by atoms with Gasteiger partial charge in [-0.2, -0.15) is 0 Å².